The molecule has 0 spiro atoms. The van der Waals surface area contributed by atoms with Crippen LogP contribution in [0.15, 0.2) is 24.3 Å². The van der Waals surface area contributed by atoms with E-state index in [0.717, 1.165) is 11.3 Å². The van der Waals surface area contributed by atoms with E-state index in [1.807, 2.05) is 12.1 Å². The molecule has 1 saturated heterocycles. The second kappa shape index (κ2) is 5.71. The van der Waals surface area contributed by atoms with E-state index in [4.69, 9.17) is 14.6 Å². The minimum atomic E-state index is -1.09. The Morgan fingerprint density at radius 3 is 2.74 bits per heavy atom. The number of carbonyl (C=O) groups is 2. The van der Waals surface area contributed by atoms with Crippen molar-refractivity contribution in [3.05, 3.63) is 29.8 Å². The molecule has 2 atom stereocenters. The molecular weight excluding hydrogens is 250 g/mol. The average molecular weight is 265 g/mol. The predicted octanol–water partition coefficient (Wildman–Crippen LogP) is 0.206. The zero-order valence-electron chi connectivity index (χ0n) is 10.5. The number of rotatable bonds is 4. The van der Waals surface area contributed by atoms with Gasteiger partial charge in [0.15, 0.2) is 6.04 Å². The highest BCUT2D eigenvalue weighted by Crippen LogP contribution is 2.16. The summed E-state index contributed by atoms with van der Waals surface area (Å²) in [5.74, 6) is -0.763. The van der Waals surface area contributed by atoms with Gasteiger partial charge >= 0.3 is 5.97 Å². The number of carboxylic acids is 1. The van der Waals surface area contributed by atoms with Crippen LogP contribution < -0.4 is 10.1 Å². The van der Waals surface area contributed by atoms with Crippen molar-refractivity contribution in [2.24, 2.45) is 0 Å². The SMILES string of the molecule is COc1ccc(CC2OCC(=O)NC2C(=O)O)cc1. The Labute approximate surface area is 110 Å². The maximum Gasteiger partial charge on any atom is 0.328 e. The van der Waals surface area contributed by atoms with Gasteiger partial charge in [-0.15, -0.1) is 0 Å². The first kappa shape index (κ1) is 13.4. The number of aliphatic carboxylic acids is 1. The van der Waals surface area contributed by atoms with E-state index < -0.39 is 24.0 Å². The van der Waals surface area contributed by atoms with Gasteiger partial charge in [-0.1, -0.05) is 12.1 Å². The maximum atomic E-state index is 11.1. The first-order valence-corrected chi connectivity index (χ1v) is 5.87. The van der Waals surface area contributed by atoms with E-state index in [1.165, 1.54) is 0 Å². The molecule has 2 unspecified atom stereocenters. The number of hydrogen-bond acceptors (Lipinski definition) is 4. The van der Waals surface area contributed by atoms with Gasteiger partial charge in [0.25, 0.3) is 0 Å². The van der Waals surface area contributed by atoms with Gasteiger partial charge in [-0.25, -0.2) is 4.79 Å². The predicted molar refractivity (Wildman–Crippen MR) is 66.0 cm³/mol. The number of methoxy groups -OCH3 is 1. The summed E-state index contributed by atoms with van der Waals surface area (Å²) in [7, 11) is 1.58. The highest BCUT2D eigenvalue weighted by Gasteiger charge is 2.34. The van der Waals surface area contributed by atoms with Gasteiger partial charge in [-0.05, 0) is 17.7 Å². The quantitative estimate of drug-likeness (QED) is 0.812. The third-order valence-corrected chi connectivity index (χ3v) is 2.98. The van der Waals surface area contributed by atoms with Gasteiger partial charge in [-0.3, -0.25) is 4.79 Å². The number of hydrogen-bond donors (Lipinski definition) is 2. The fraction of sp³-hybridized carbons (Fsp3) is 0.385. The van der Waals surface area contributed by atoms with E-state index in [9.17, 15) is 9.59 Å². The lowest BCUT2D eigenvalue weighted by molar-refractivity contribution is -0.154. The number of carboxylic acid groups (broad SMARTS) is 1. The van der Waals surface area contributed by atoms with Crippen molar-refractivity contribution < 1.29 is 24.2 Å². The van der Waals surface area contributed by atoms with E-state index in [-0.39, 0.29) is 6.61 Å². The Morgan fingerprint density at radius 1 is 1.47 bits per heavy atom. The minimum Gasteiger partial charge on any atom is -0.497 e. The molecule has 19 heavy (non-hydrogen) atoms. The molecule has 6 nitrogen and oxygen atoms in total. The molecule has 1 aromatic carbocycles. The molecule has 1 aromatic rings. The summed E-state index contributed by atoms with van der Waals surface area (Å²) in [5.41, 5.74) is 0.924. The summed E-state index contributed by atoms with van der Waals surface area (Å²) in [6.45, 7) is -0.107. The summed E-state index contributed by atoms with van der Waals surface area (Å²) in [4.78, 5) is 22.2. The molecule has 0 aromatic heterocycles. The maximum absolute atomic E-state index is 11.1. The smallest absolute Gasteiger partial charge is 0.328 e. The van der Waals surface area contributed by atoms with Crippen LogP contribution in [0.1, 0.15) is 5.56 Å². The van der Waals surface area contributed by atoms with Crippen LogP contribution >= 0.6 is 0 Å². The second-order valence-electron chi connectivity index (χ2n) is 4.29. The molecule has 102 valence electrons. The van der Waals surface area contributed by atoms with Crippen LogP contribution in [0.2, 0.25) is 0 Å². The van der Waals surface area contributed by atoms with Crippen LogP contribution in [0.5, 0.6) is 5.75 Å². The number of nitrogens with one attached hydrogen (secondary N) is 1. The molecule has 1 aliphatic heterocycles. The number of ether oxygens (including phenoxy) is 2. The highest BCUT2D eigenvalue weighted by molar-refractivity contribution is 5.85. The number of benzene rings is 1. The van der Waals surface area contributed by atoms with Crippen molar-refractivity contribution in [1.29, 1.82) is 0 Å². The molecule has 0 aliphatic carbocycles. The van der Waals surface area contributed by atoms with Gasteiger partial charge < -0.3 is 19.9 Å². The van der Waals surface area contributed by atoms with E-state index >= 15 is 0 Å². The van der Waals surface area contributed by atoms with Crippen LogP contribution in [0, 0.1) is 0 Å². The fourth-order valence-electron chi connectivity index (χ4n) is 1.98. The third-order valence-electron chi connectivity index (χ3n) is 2.98. The summed E-state index contributed by atoms with van der Waals surface area (Å²) < 4.78 is 10.4. The molecule has 6 heteroatoms. The molecule has 1 aliphatic rings. The van der Waals surface area contributed by atoms with Gasteiger partial charge in [-0.2, -0.15) is 0 Å². The fourth-order valence-corrected chi connectivity index (χ4v) is 1.98. The number of amides is 1. The van der Waals surface area contributed by atoms with Crippen molar-refractivity contribution in [3.8, 4) is 5.75 Å². The standard InChI is InChI=1S/C13H15NO5/c1-18-9-4-2-8(3-5-9)6-10-12(13(16)17)14-11(15)7-19-10/h2-5,10,12H,6-7H2,1H3,(H,14,15)(H,16,17). The minimum absolute atomic E-state index is 0.107. The normalized spacial score (nSPS) is 22.7. The van der Waals surface area contributed by atoms with E-state index in [0.29, 0.717) is 6.42 Å². The van der Waals surface area contributed by atoms with Crippen molar-refractivity contribution in [1.82, 2.24) is 5.32 Å². The molecular formula is C13H15NO5. The molecule has 2 rings (SSSR count). The first-order valence-electron chi connectivity index (χ1n) is 5.87. The number of morpholine rings is 1. The van der Waals surface area contributed by atoms with Crippen molar-refractivity contribution in [2.75, 3.05) is 13.7 Å². The molecule has 1 heterocycles. The average Bonchev–Trinajstić information content (AvgIpc) is 2.41. The Morgan fingerprint density at radius 2 is 2.16 bits per heavy atom. The second-order valence-corrected chi connectivity index (χ2v) is 4.29. The van der Waals surface area contributed by atoms with Gasteiger partial charge in [0.1, 0.15) is 12.4 Å². The van der Waals surface area contributed by atoms with E-state index in [2.05, 4.69) is 5.32 Å². The van der Waals surface area contributed by atoms with E-state index in [1.54, 1.807) is 19.2 Å². The highest BCUT2D eigenvalue weighted by atomic mass is 16.5. The van der Waals surface area contributed by atoms with Crippen LogP contribution in [0.4, 0.5) is 0 Å². The third kappa shape index (κ3) is 3.23. The number of carbonyl (C=O) groups excluding carboxylic acids is 1. The van der Waals surface area contributed by atoms with Crippen LogP contribution in [0.25, 0.3) is 0 Å². The molecule has 1 fully saturated rings. The van der Waals surface area contributed by atoms with Gasteiger partial charge in [0, 0.05) is 6.42 Å². The monoisotopic (exact) mass is 265 g/mol. The summed E-state index contributed by atoms with van der Waals surface area (Å²) in [6.07, 6.45) is -0.148. The first-order chi connectivity index (χ1) is 9.10. The Balaban J connectivity index is 2.07. The Kier molecular flexibility index (Phi) is 4.01. The lowest BCUT2D eigenvalue weighted by Gasteiger charge is -2.29. The van der Waals surface area contributed by atoms with Crippen LogP contribution in [-0.2, 0) is 20.7 Å². The topological polar surface area (TPSA) is 84.9 Å². The van der Waals surface area contributed by atoms with Gasteiger partial charge in [0.2, 0.25) is 5.91 Å². The Bertz CT molecular complexity index is 470. The van der Waals surface area contributed by atoms with Crippen molar-refractivity contribution in [2.45, 2.75) is 18.6 Å². The lowest BCUT2D eigenvalue weighted by atomic mass is 10.0. The molecule has 2 N–H and O–H groups in total. The molecule has 0 saturated carbocycles. The van der Waals surface area contributed by atoms with Gasteiger partial charge in [0.05, 0.1) is 13.2 Å². The molecule has 1 amide bonds. The van der Waals surface area contributed by atoms with Crippen molar-refractivity contribution in [3.63, 3.8) is 0 Å². The zero-order valence-corrected chi connectivity index (χ0v) is 10.5. The molecule has 0 radical (unpaired) electrons. The zero-order chi connectivity index (χ0) is 13.8. The Hall–Kier alpha value is -2.08. The summed E-state index contributed by atoms with van der Waals surface area (Å²) in [6, 6.07) is 6.28. The summed E-state index contributed by atoms with van der Waals surface area (Å²) in [5, 5.41) is 11.5. The van der Waals surface area contributed by atoms with Crippen LogP contribution in [-0.4, -0.2) is 42.8 Å². The molecule has 0 bridgehead atoms. The lowest BCUT2D eigenvalue weighted by Crippen LogP contribution is -2.56. The van der Waals surface area contributed by atoms with Crippen molar-refractivity contribution >= 4 is 11.9 Å². The van der Waals surface area contributed by atoms with Crippen LogP contribution in [0.3, 0.4) is 0 Å². The largest absolute Gasteiger partial charge is 0.497 e. The summed E-state index contributed by atoms with van der Waals surface area (Å²) >= 11 is 0.